The highest BCUT2D eigenvalue weighted by Gasteiger charge is 2.07. The number of carboxylic acid groups (broad SMARTS) is 1. The molecule has 4 nitrogen and oxygen atoms in total. The van der Waals surface area contributed by atoms with E-state index in [9.17, 15) is 9.59 Å². The van der Waals surface area contributed by atoms with Crippen LogP contribution < -0.4 is 5.32 Å². The Labute approximate surface area is 100.0 Å². The van der Waals surface area contributed by atoms with Crippen LogP contribution in [0.15, 0.2) is 35.9 Å². The zero-order chi connectivity index (χ0) is 12.8. The van der Waals surface area contributed by atoms with Crippen molar-refractivity contribution in [1.82, 2.24) is 0 Å². The summed E-state index contributed by atoms with van der Waals surface area (Å²) in [5.74, 6) is -1.23. The summed E-state index contributed by atoms with van der Waals surface area (Å²) in [6.45, 7) is 3.67. The first-order valence-corrected chi connectivity index (χ1v) is 5.36. The van der Waals surface area contributed by atoms with Gasteiger partial charge in [0.2, 0.25) is 0 Å². The molecule has 2 N–H and O–H groups in total. The van der Waals surface area contributed by atoms with E-state index in [4.69, 9.17) is 5.11 Å². The van der Waals surface area contributed by atoms with Crippen LogP contribution in [0.4, 0.5) is 5.69 Å². The van der Waals surface area contributed by atoms with Crippen molar-refractivity contribution in [2.45, 2.75) is 20.3 Å². The highest BCUT2D eigenvalue weighted by molar-refractivity contribution is 6.03. The lowest BCUT2D eigenvalue weighted by molar-refractivity contribution is -0.112. The van der Waals surface area contributed by atoms with E-state index in [-0.39, 0.29) is 11.5 Å². The molecule has 17 heavy (non-hydrogen) atoms. The van der Waals surface area contributed by atoms with E-state index < -0.39 is 5.97 Å². The number of hydrogen-bond acceptors (Lipinski definition) is 2. The Morgan fingerprint density at radius 3 is 2.71 bits per heavy atom. The third kappa shape index (κ3) is 3.75. The van der Waals surface area contributed by atoms with Gasteiger partial charge in [0.1, 0.15) is 0 Å². The molecule has 90 valence electrons. The predicted octanol–water partition coefficient (Wildman–Crippen LogP) is 2.68. The first kappa shape index (κ1) is 13.0. The van der Waals surface area contributed by atoms with Gasteiger partial charge in [0.15, 0.2) is 0 Å². The number of hydrogen-bond donors (Lipinski definition) is 2. The molecule has 1 rings (SSSR count). The molecule has 4 heteroatoms. The van der Waals surface area contributed by atoms with Gasteiger partial charge < -0.3 is 10.4 Å². The number of nitrogens with one attached hydrogen (secondary N) is 1. The zero-order valence-corrected chi connectivity index (χ0v) is 9.86. The molecule has 0 aromatic heterocycles. The number of benzene rings is 1. The maximum absolute atomic E-state index is 11.7. The van der Waals surface area contributed by atoms with Gasteiger partial charge >= 0.3 is 5.97 Å². The summed E-state index contributed by atoms with van der Waals surface area (Å²) in [7, 11) is 0. The second kappa shape index (κ2) is 5.84. The topological polar surface area (TPSA) is 66.4 Å². The summed E-state index contributed by atoms with van der Waals surface area (Å²) in [6.07, 6.45) is 2.60. The molecule has 0 spiro atoms. The van der Waals surface area contributed by atoms with Crippen molar-refractivity contribution in [3.8, 4) is 0 Å². The third-order valence-corrected chi connectivity index (χ3v) is 2.24. The van der Waals surface area contributed by atoms with Crippen LogP contribution in [-0.2, 0) is 4.79 Å². The number of carbonyl (C=O) groups excluding carboxylic acids is 1. The first-order chi connectivity index (χ1) is 8.04. The van der Waals surface area contributed by atoms with Gasteiger partial charge in [0, 0.05) is 11.3 Å². The van der Waals surface area contributed by atoms with Crippen molar-refractivity contribution in [2.75, 3.05) is 5.32 Å². The monoisotopic (exact) mass is 233 g/mol. The highest BCUT2D eigenvalue weighted by atomic mass is 16.4. The largest absolute Gasteiger partial charge is 0.478 e. The van der Waals surface area contributed by atoms with E-state index in [0.717, 1.165) is 6.42 Å². The van der Waals surface area contributed by atoms with Crippen molar-refractivity contribution in [3.05, 3.63) is 41.5 Å². The maximum Gasteiger partial charge on any atom is 0.335 e. The van der Waals surface area contributed by atoms with Crippen molar-refractivity contribution < 1.29 is 14.7 Å². The molecule has 0 fully saturated rings. The number of aromatic carboxylic acids is 1. The lowest BCUT2D eigenvalue weighted by Gasteiger charge is -2.06. The fraction of sp³-hybridized carbons (Fsp3) is 0.231. The number of amides is 1. The third-order valence-electron chi connectivity index (χ3n) is 2.24. The van der Waals surface area contributed by atoms with Gasteiger partial charge in [-0.15, -0.1) is 0 Å². The molecule has 1 amide bonds. The number of carbonyl (C=O) groups is 2. The fourth-order valence-corrected chi connectivity index (χ4v) is 1.36. The molecule has 0 aliphatic carbocycles. The van der Waals surface area contributed by atoms with E-state index in [1.165, 1.54) is 12.1 Å². The SMILES string of the molecule is CC/C=C(\C)C(=O)Nc1cccc(C(=O)O)c1. The summed E-state index contributed by atoms with van der Waals surface area (Å²) in [5, 5.41) is 11.5. The lowest BCUT2D eigenvalue weighted by atomic mass is 10.2. The average molecular weight is 233 g/mol. The van der Waals surface area contributed by atoms with Crippen LogP contribution in [-0.4, -0.2) is 17.0 Å². The van der Waals surface area contributed by atoms with Crippen molar-refractivity contribution >= 4 is 17.6 Å². The molecule has 0 saturated heterocycles. The minimum Gasteiger partial charge on any atom is -0.478 e. The van der Waals surface area contributed by atoms with Crippen LogP contribution in [0.5, 0.6) is 0 Å². The molecule has 0 atom stereocenters. The quantitative estimate of drug-likeness (QED) is 0.786. The zero-order valence-electron chi connectivity index (χ0n) is 9.86. The summed E-state index contributed by atoms with van der Waals surface area (Å²) in [6, 6.07) is 6.16. The van der Waals surface area contributed by atoms with Gasteiger partial charge in [-0.05, 0) is 31.5 Å². The molecular formula is C13H15NO3. The Balaban J connectivity index is 2.82. The maximum atomic E-state index is 11.7. The molecule has 0 heterocycles. The van der Waals surface area contributed by atoms with E-state index in [1.54, 1.807) is 19.1 Å². The first-order valence-electron chi connectivity index (χ1n) is 5.36. The van der Waals surface area contributed by atoms with Gasteiger partial charge in [0.05, 0.1) is 5.56 Å². The molecule has 0 saturated carbocycles. The van der Waals surface area contributed by atoms with E-state index in [0.29, 0.717) is 11.3 Å². The van der Waals surface area contributed by atoms with Gasteiger partial charge in [0.25, 0.3) is 5.91 Å². The van der Waals surface area contributed by atoms with E-state index in [2.05, 4.69) is 5.32 Å². The normalized spacial score (nSPS) is 11.1. The summed E-state index contributed by atoms with van der Waals surface area (Å²) < 4.78 is 0. The van der Waals surface area contributed by atoms with Gasteiger partial charge in [-0.25, -0.2) is 4.79 Å². The van der Waals surface area contributed by atoms with E-state index >= 15 is 0 Å². The van der Waals surface area contributed by atoms with Crippen molar-refractivity contribution in [1.29, 1.82) is 0 Å². The number of allylic oxidation sites excluding steroid dienone is 1. The Morgan fingerprint density at radius 1 is 1.41 bits per heavy atom. The van der Waals surface area contributed by atoms with Crippen molar-refractivity contribution in [2.24, 2.45) is 0 Å². The highest BCUT2D eigenvalue weighted by Crippen LogP contribution is 2.12. The molecular weight excluding hydrogens is 218 g/mol. The number of anilines is 1. The van der Waals surface area contributed by atoms with Crippen LogP contribution in [0, 0.1) is 0 Å². The minimum absolute atomic E-state index is 0.153. The molecule has 0 aliphatic heterocycles. The Bertz CT molecular complexity index is 463. The Kier molecular flexibility index (Phi) is 4.46. The Hall–Kier alpha value is -2.10. The number of rotatable bonds is 4. The smallest absolute Gasteiger partial charge is 0.335 e. The van der Waals surface area contributed by atoms with Crippen LogP contribution in [0.3, 0.4) is 0 Å². The molecule has 0 aliphatic rings. The lowest BCUT2D eigenvalue weighted by Crippen LogP contribution is -2.13. The van der Waals surface area contributed by atoms with Gasteiger partial charge in [-0.3, -0.25) is 4.79 Å². The van der Waals surface area contributed by atoms with E-state index in [1.807, 2.05) is 13.0 Å². The summed E-state index contributed by atoms with van der Waals surface area (Å²) in [4.78, 5) is 22.4. The summed E-state index contributed by atoms with van der Waals surface area (Å²) in [5.41, 5.74) is 1.26. The second-order valence-electron chi connectivity index (χ2n) is 3.64. The second-order valence-corrected chi connectivity index (χ2v) is 3.64. The predicted molar refractivity (Wildman–Crippen MR) is 66.1 cm³/mol. The average Bonchev–Trinajstić information content (AvgIpc) is 2.29. The Morgan fingerprint density at radius 2 is 2.12 bits per heavy atom. The number of carboxylic acids is 1. The minimum atomic E-state index is -1.01. The van der Waals surface area contributed by atoms with Crippen LogP contribution >= 0.6 is 0 Å². The molecule has 0 radical (unpaired) electrons. The van der Waals surface area contributed by atoms with Gasteiger partial charge in [-0.1, -0.05) is 19.1 Å². The van der Waals surface area contributed by atoms with Crippen LogP contribution in [0.2, 0.25) is 0 Å². The van der Waals surface area contributed by atoms with Crippen LogP contribution in [0.1, 0.15) is 30.6 Å². The van der Waals surface area contributed by atoms with Gasteiger partial charge in [-0.2, -0.15) is 0 Å². The summed E-state index contributed by atoms with van der Waals surface area (Å²) >= 11 is 0. The molecule has 1 aromatic carbocycles. The molecule has 0 unspecified atom stereocenters. The molecule has 0 bridgehead atoms. The van der Waals surface area contributed by atoms with Crippen molar-refractivity contribution in [3.63, 3.8) is 0 Å². The van der Waals surface area contributed by atoms with Crippen LogP contribution in [0.25, 0.3) is 0 Å². The standard InChI is InChI=1S/C13H15NO3/c1-3-5-9(2)12(15)14-11-7-4-6-10(8-11)13(16)17/h4-8H,3H2,1-2H3,(H,14,15)(H,16,17)/b9-5+. The fourth-order valence-electron chi connectivity index (χ4n) is 1.36. The molecule has 1 aromatic rings.